The highest BCUT2D eigenvalue weighted by Gasteiger charge is 3.01. The molecule has 0 aliphatic rings. The van der Waals surface area contributed by atoms with Gasteiger partial charge < -0.3 is 5.11 Å². The maximum absolute atomic E-state index is 13.7. The highest BCUT2D eigenvalue weighted by Crippen LogP contribution is 2.69. The van der Waals surface area contributed by atoms with E-state index < -0.39 is 95.1 Å². The summed E-state index contributed by atoms with van der Waals surface area (Å²) >= 11 is 0. The van der Waals surface area contributed by atoms with Gasteiger partial charge in [0.15, 0.2) is 0 Å². The molecule has 33 heteroatoms. The topological polar surface area (TPSA) is 37.3 Å². The van der Waals surface area contributed by atoms with Crippen molar-refractivity contribution in [3.05, 3.63) is 0 Å². The largest absolute Gasteiger partial charge is 0.477 e. The molecule has 0 bridgehead atoms. The van der Waals surface area contributed by atoms with Gasteiger partial charge in [0.05, 0.1) is 0 Å². The van der Waals surface area contributed by atoms with Crippen LogP contribution in [0.3, 0.4) is 0 Å². The van der Waals surface area contributed by atoms with Gasteiger partial charge in [-0.1, -0.05) is 0 Å². The molecule has 0 heterocycles. The molecule has 0 rings (SSSR count). The molecule has 0 amide bonds. The summed E-state index contributed by atoms with van der Waals surface area (Å²) in [6.45, 7) is 0. The number of carboxylic acids is 1. The fourth-order valence-corrected chi connectivity index (χ4v) is 2.68. The standard InChI is InChI=1S/C16HF31O2/c17-2(18,1(48)49)3(19,20)4(21,22)5(23,24)6(25,26)7(27,28)8(29,30)9(31,32)10(33,34)11(35,36)12(37,38)13(39,40)14(41,42)15(43,44)16(45,46)47/h(H,48,49). The minimum Gasteiger partial charge on any atom is -0.477 e. The van der Waals surface area contributed by atoms with Gasteiger partial charge in [-0.3, -0.25) is 0 Å². The molecule has 0 fully saturated rings. The van der Waals surface area contributed by atoms with Crippen molar-refractivity contribution >= 4 is 5.97 Å². The molecule has 0 aliphatic carbocycles. The van der Waals surface area contributed by atoms with Crippen molar-refractivity contribution in [3.63, 3.8) is 0 Å². The summed E-state index contributed by atoms with van der Waals surface area (Å²) in [5, 5.41) is 7.65. The second-order valence-corrected chi connectivity index (χ2v) is 8.84. The number of carbonyl (C=O) groups is 1. The van der Waals surface area contributed by atoms with Crippen molar-refractivity contribution in [2.45, 2.75) is 89.1 Å². The predicted octanol–water partition coefficient (Wildman–Crippen LogP) is 9.53. The number of rotatable bonds is 14. The normalized spacial score (nSPS) is 17.0. The predicted molar refractivity (Wildman–Crippen MR) is 82.9 cm³/mol. The van der Waals surface area contributed by atoms with Crippen LogP contribution >= 0.6 is 0 Å². The lowest BCUT2D eigenvalue weighted by atomic mass is 9.83. The van der Waals surface area contributed by atoms with Gasteiger partial charge >= 0.3 is 95.1 Å². The lowest BCUT2D eigenvalue weighted by Gasteiger charge is -2.46. The van der Waals surface area contributed by atoms with E-state index in [0.717, 1.165) is 0 Å². The Bertz CT molecular complexity index is 1250. The molecule has 49 heavy (non-hydrogen) atoms. The molecule has 2 nitrogen and oxygen atoms in total. The molecule has 0 aromatic rings. The third kappa shape index (κ3) is 5.08. The van der Waals surface area contributed by atoms with Crippen molar-refractivity contribution in [3.8, 4) is 0 Å². The average Bonchev–Trinajstić information content (AvgIpc) is 2.86. The van der Waals surface area contributed by atoms with E-state index in [1.54, 1.807) is 0 Å². The van der Waals surface area contributed by atoms with Crippen LogP contribution in [-0.2, 0) is 4.79 Å². The van der Waals surface area contributed by atoms with Crippen LogP contribution in [0.2, 0.25) is 0 Å². The Labute approximate surface area is 242 Å². The van der Waals surface area contributed by atoms with Crippen LogP contribution in [-0.4, -0.2) is 100 Å². The fourth-order valence-electron chi connectivity index (χ4n) is 2.68. The van der Waals surface area contributed by atoms with Gasteiger partial charge in [-0.05, 0) is 0 Å². The summed E-state index contributed by atoms with van der Waals surface area (Å²) in [6.07, 6.45) is -8.36. The molecule has 1 N–H and O–H groups in total. The third-order valence-corrected chi connectivity index (χ3v) is 5.75. The van der Waals surface area contributed by atoms with E-state index in [1.165, 1.54) is 0 Å². The zero-order valence-electron chi connectivity index (χ0n) is 20.6. The number of alkyl halides is 31. The van der Waals surface area contributed by atoms with E-state index in [-0.39, 0.29) is 0 Å². The monoisotopic (exact) mass is 814 g/mol. The molecule has 0 aliphatic heterocycles. The molecular formula is C16HF31O2. The van der Waals surface area contributed by atoms with Crippen LogP contribution in [0.4, 0.5) is 136 Å². The molecule has 0 spiro atoms. The molecule has 0 unspecified atom stereocenters. The van der Waals surface area contributed by atoms with Crippen LogP contribution in [0, 0.1) is 0 Å². The maximum Gasteiger partial charge on any atom is 0.460 e. The van der Waals surface area contributed by atoms with Gasteiger partial charge in [0.25, 0.3) is 0 Å². The van der Waals surface area contributed by atoms with E-state index in [9.17, 15) is 141 Å². The Morgan fingerprint density at radius 3 is 0.490 bits per heavy atom. The summed E-state index contributed by atoms with van der Waals surface area (Å²) in [5.74, 6) is -139. The number of halogens is 31. The van der Waals surface area contributed by atoms with E-state index >= 15 is 0 Å². The lowest BCUT2D eigenvalue weighted by molar-refractivity contribution is -0.488. The minimum atomic E-state index is -10.1. The van der Waals surface area contributed by atoms with Crippen molar-refractivity contribution in [2.24, 2.45) is 0 Å². The first-order valence-electron chi connectivity index (χ1n) is 10.0. The SMILES string of the molecule is O=C(O)C(F)(F)C(F)(F)C(F)(F)C(F)(F)C(F)(F)C(F)(F)C(F)(F)C(F)(F)C(F)(F)C(F)(F)C(F)(F)C(F)(F)C(F)(F)C(F)(F)C(F)(F)F. The Morgan fingerprint density at radius 1 is 0.245 bits per heavy atom. The molecule has 0 aromatic heterocycles. The van der Waals surface area contributed by atoms with Crippen LogP contribution in [0.5, 0.6) is 0 Å². The Kier molecular flexibility index (Phi) is 10.3. The van der Waals surface area contributed by atoms with Gasteiger partial charge in [-0.15, -0.1) is 0 Å². The van der Waals surface area contributed by atoms with Crippen LogP contribution in [0.25, 0.3) is 0 Å². The molecule has 294 valence electrons. The second kappa shape index (κ2) is 10.9. The highest BCUT2D eigenvalue weighted by atomic mass is 19.4. The highest BCUT2D eigenvalue weighted by molar-refractivity contribution is 5.77. The van der Waals surface area contributed by atoms with E-state index in [1.807, 2.05) is 0 Å². The number of hydrogen-bond acceptors (Lipinski definition) is 1. The third-order valence-electron chi connectivity index (χ3n) is 5.75. The molecule has 0 saturated carbocycles. The van der Waals surface area contributed by atoms with Gasteiger partial charge in [0.2, 0.25) is 0 Å². The lowest BCUT2D eigenvalue weighted by Crippen LogP contribution is -2.79. The zero-order chi connectivity index (χ0) is 41.1. The molecular weight excluding hydrogens is 813 g/mol. The molecule has 0 atom stereocenters. The van der Waals surface area contributed by atoms with Gasteiger partial charge in [-0.25, -0.2) is 4.79 Å². The summed E-state index contributed by atoms with van der Waals surface area (Å²) in [4.78, 5) is 9.92. The van der Waals surface area contributed by atoms with E-state index in [4.69, 9.17) is 5.11 Å². The summed E-state index contributed by atoms with van der Waals surface area (Å²) < 4.78 is 411. The number of hydrogen-bond donors (Lipinski definition) is 1. The zero-order valence-corrected chi connectivity index (χ0v) is 20.6. The van der Waals surface area contributed by atoms with E-state index in [2.05, 4.69) is 0 Å². The Balaban J connectivity index is 7.68. The minimum absolute atomic E-state index is 4.81. The quantitative estimate of drug-likeness (QED) is 0.178. The first-order valence-corrected chi connectivity index (χ1v) is 10.0. The van der Waals surface area contributed by atoms with Crippen LogP contribution in [0.1, 0.15) is 0 Å². The first-order chi connectivity index (χ1) is 20.4. The first kappa shape index (κ1) is 46.3. The Hall–Kier alpha value is -2.70. The number of carboxylic acid groups (broad SMARTS) is 1. The summed E-state index contributed by atoms with van der Waals surface area (Å²) in [6, 6.07) is 0. The van der Waals surface area contributed by atoms with E-state index in [0.29, 0.717) is 0 Å². The van der Waals surface area contributed by atoms with Crippen LogP contribution in [0.15, 0.2) is 0 Å². The van der Waals surface area contributed by atoms with Crippen molar-refractivity contribution in [1.29, 1.82) is 0 Å². The fraction of sp³-hybridized carbons (Fsp3) is 0.938. The van der Waals surface area contributed by atoms with Crippen molar-refractivity contribution < 1.29 is 146 Å². The Morgan fingerprint density at radius 2 is 0.367 bits per heavy atom. The van der Waals surface area contributed by atoms with Crippen molar-refractivity contribution in [2.75, 3.05) is 0 Å². The molecule has 0 aromatic carbocycles. The summed E-state index contributed by atoms with van der Waals surface area (Å²) in [7, 11) is 0. The molecule has 0 radical (unpaired) electrons. The van der Waals surface area contributed by atoms with Crippen molar-refractivity contribution in [1.82, 2.24) is 0 Å². The number of aliphatic carboxylic acids is 1. The maximum atomic E-state index is 13.7. The van der Waals surface area contributed by atoms with Crippen LogP contribution < -0.4 is 0 Å². The second-order valence-electron chi connectivity index (χ2n) is 8.84. The van der Waals surface area contributed by atoms with Gasteiger partial charge in [-0.2, -0.15) is 136 Å². The van der Waals surface area contributed by atoms with Gasteiger partial charge in [0.1, 0.15) is 0 Å². The van der Waals surface area contributed by atoms with Gasteiger partial charge in [0, 0.05) is 0 Å². The average molecular weight is 814 g/mol. The summed E-state index contributed by atoms with van der Waals surface area (Å²) in [5.41, 5.74) is 0. The smallest absolute Gasteiger partial charge is 0.460 e. The molecule has 0 saturated heterocycles.